The van der Waals surface area contributed by atoms with Crippen molar-refractivity contribution < 1.29 is 0 Å². The molecule has 6 rings (SSSR count). The molecule has 2 fully saturated rings. The fourth-order valence-electron chi connectivity index (χ4n) is 5.84. The maximum atomic E-state index is 3.57. The summed E-state index contributed by atoms with van der Waals surface area (Å²) in [4.78, 5) is 0. The lowest BCUT2D eigenvalue weighted by Crippen LogP contribution is -2.08. The molecule has 0 radical (unpaired) electrons. The molecule has 0 aromatic heterocycles. The number of rotatable bonds is 4. The van der Waals surface area contributed by atoms with E-state index in [0.717, 1.165) is 23.4 Å². The minimum atomic E-state index is 0.803. The van der Waals surface area contributed by atoms with Gasteiger partial charge in [-0.25, -0.2) is 0 Å². The molecule has 1 nitrogen and oxygen atoms in total. The quantitative estimate of drug-likeness (QED) is 0.371. The summed E-state index contributed by atoms with van der Waals surface area (Å²) in [5, 5.41) is 6.16. The van der Waals surface area contributed by atoms with E-state index in [1.807, 2.05) is 0 Å². The van der Waals surface area contributed by atoms with Crippen LogP contribution >= 0.6 is 0 Å². The average Bonchev–Trinajstić information content (AvgIpc) is 3.44. The van der Waals surface area contributed by atoms with E-state index in [2.05, 4.69) is 96.3 Å². The van der Waals surface area contributed by atoms with Crippen molar-refractivity contribution in [2.75, 3.05) is 5.32 Å². The Morgan fingerprint density at radius 3 is 2.10 bits per heavy atom. The zero-order chi connectivity index (χ0) is 19.9. The highest BCUT2D eigenvalue weighted by molar-refractivity contribution is 5.96. The highest BCUT2D eigenvalue weighted by Gasteiger charge is 2.39. The molecule has 1 heteroatoms. The van der Waals surface area contributed by atoms with Crippen LogP contribution in [-0.4, -0.2) is 0 Å². The number of fused-ring (bicyclic) bond motifs is 3. The number of hydrogen-bond donors (Lipinski definition) is 1. The Morgan fingerprint density at radius 1 is 0.633 bits per heavy atom. The molecule has 3 unspecified atom stereocenters. The Hall–Kier alpha value is -3.06. The molecule has 4 aromatic carbocycles. The smallest absolute Gasteiger partial charge is 0.0384 e. The second-order valence-electron chi connectivity index (χ2n) is 9.13. The van der Waals surface area contributed by atoms with Crippen LogP contribution in [0.3, 0.4) is 0 Å². The van der Waals surface area contributed by atoms with Crippen molar-refractivity contribution >= 4 is 22.1 Å². The van der Waals surface area contributed by atoms with E-state index in [4.69, 9.17) is 0 Å². The van der Waals surface area contributed by atoms with Gasteiger partial charge in [0, 0.05) is 11.4 Å². The molecule has 2 aliphatic rings. The number of hydrogen-bond acceptors (Lipinski definition) is 1. The van der Waals surface area contributed by atoms with Gasteiger partial charge in [0.15, 0.2) is 0 Å². The third-order valence-electron chi connectivity index (χ3n) is 7.35. The van der Waals surface area contributed by atoms with E-state index >= 15 is 0 Å². The normalized spacial score (nSPS) is 22.5. The molecule has 2 aliphatic carbocycles. The molecule has 0 aliphatic heterocycles. The summed E-state index contributed by atoms with van der Waals surface area (Å²) in [6, 6.07) is 33.1. The molecule has 2 bridgehead atoms. The first-order valence-electron chi connectivity index (χ1n) is 11.3. The predicted molar refractivity (Wildman–Crippen MR) is 127 cm³/mol. The molecule has 0 amide bonds. The van der Waals surface area contributed by atoms with Crippen LogP contribution in [0.15, 0.2) is 91.0 Å². The summed E-state index contributed by atoms with van der Waals surface area (Å²) in [7, 11) is 0. The summed E-state index contributed by atoms with van der Waals surface area (Å²) >= 11 is 0. The first kappa shape index (κ1) is 17.8. The molecule has 2 saturated carbocycles. The Morgan fingerprint density at radius 2 is 1.37 bits per heavy atom. The Labute approximate surface area is 178 Å². The summed E-state index contributed by atoms with van der Waals surface area (Å²) in [6.07, 6.45) is 5.79. The van der Waals surface area contributed by atoms with Gasteiger partial charge >= 0.3 is 0 Å². The van der Waals surface area contributed by atoms with Crippen molar-refractivity contribution in [3.05, 3.63) is 96.6 Å². The van der Waals surface area contributed by atoms with Gasteiger partial charge in [0.1, 0.15) is 0 Å². The third kappa shape index (κ3) is 3.19. The molecule has 4 aromatic rings. The zero-order valence-electron chi connectivity index (χ0n) is 17.2. The second kappa shape index (κ2) is 7.32. The van der Waals surface area contributed by atoms with Crippen molar-refractivity contribution in [2.45, 2.75) is 31.6 Å². The third-order valence-corrected chi connectivity index (χ3v) is 7.35. The van der Waals surface area contributed by atoms with E-state index in [-0.39, 0.29) is 0 Å². The van der Waals surface area contributed by atoms with Crippen molar-refractivity contribution in [1.82, 2.24) is 0 Å². The number of benzene rings is 4. The van der Waals surface area contributed by atoms with Crippen LogP contribution in [0.5, 0.6) is 0 Å². The molecular formula is C29H27N. The van der Waals surface area contributed by atoms with E-state index in [1.165, 1.54) is 53.3 Å². The molecule has 0 saturated heterocycles. The van der Waals surface area contributed by atoms with Gasteiger partial charge in [-0.15, -0.1) is 0 Å². The van der Waals surface area contributed by atoms with Gasteiger partial charge < -0.3 is 5.32 Å². The van der Waals surface area contributed by atoms with Gasteiger partial charge in [0.25, 0.3) is 0 Å². The van der Waals surface area contributed by atoms with Crippen LogP contribution < -0.4 is 5.32 Å². The summed E-state index contributed by atoms with van der Waals surface area (Å²) in [5.41, 5.74) is 6.38. The van der Waals surface area contributed by atoms with Crippen molar-refractivity contribution in [2.24, 2.45) is 11.8 Å². The molecule has 0 spiro atoms. The van der Waals surface area contributed by atoms with Gasteiger partial charge in [-0.1, -0.05) is 73.2 Å². The highest BCUT2D eigenvalue weighted by atomic mass is 14.9. The second-order valence-corrected chi connectivity index (χ2v) is 9.13. The summed E-state index contributed by atoms with van der Waals surface area (Å²) in [6.45, 7) is 0. The molecule has 1 N–H and O–H groups in total. The zero-order valence-corrected chi connectivity index (χ0v) is 17.2. The molecule has 30 heavy (non-hydrogen) atoms. The minimum absolute atomic E-state index is 0.803. The van der Waals surface area contributed by atoms with E-state index < -0.39 is 0 Å². The van der Waals surface area contributed by atoms with E-state index in [9.17, 15) is 0 Å². The fourth-order valence-corrected chi connectivity index (χ4v) is 5.84. The lowest BCUT2D eigenvalue weighted by atomic mass is 9.83. The van der Waals surface area contributed by atoms with Crippen LogP contribution in [0.1, 0.15) is 37.2 Å². The summed E-state index contributed by atoms with van der Waals surface area (Å²) in [5.74, 6) is 2.74. The first-order valence-corrected chi connectivity index (χ1v) is 11.3. The fraction of sp³-hybridized carbons (Fsp3) is 0.241. The summed E-state index contributed by atoms with van der Waals surface area (Å²) < 4.78 is 0. The van der Waals surface area contributed by atoms with Crippen LogP contribution in [0.4, 0.5) is 11.4 Å². The van der Waals surface area contributed by atoms with Crippen LogP contribution in [0.25, 0.3) is 21.9 Å². The van der Waals surface area contributed by atoms with Crippen molar-refractivity contribution in [3.8, 4) is 11.1 Å². The monoisotopic (exact) mass is 389 g/mol. The molecule has 0 heterocycles. The topological polar surface area (TPSA) is 12.0 Å². The standard InChI is InChI=1S/C29H27N/c1-2-6-27-21(4-1)5-3-7-28(27)22-10-14-25(15-11-22)30-26-16-12-23(13-17-26)29-19-20-8-9-24(29)18-20/h1-7,10-17,20,24,29-30H,8-9,18-19H2. The lowest BCUT2D eigenvalue weighted by Gasteiger charge is -2.22. The Bertz CT molecular complexity index is 1170. The van der Waals surface area contributed by atoms with Crippen molar-refractivity contribution in [3.63, 3.8) is 0 Å². The first-order chi connectivity index (χ1) is 14.8. The maximum Gasteiger partial charge on any atom is 0.0384 e. The van der Waals surface area contributed by atoms with Crippen LogP contribution in [-0.2, 0) is 0 Å². The van der Waals surface area contributed by atoms with Gasteiger partial charge in [0.05, 0.1) is 0 Å². The Balaban J connectivity index is 1.20. The molecule has 3 atom stereocenters. The SMILES string of the molecule is c1ccc2c(-c3ccc(Nc4ccc(C5CC6CCC5C6)cc4)cc3)cccc2c1. The van der Waals surface area contributed by atoms with Crippen molar-refractivity contribution in [1.29, 1.82) is 0 Å². The van der Waals surface area contributed by atoms with Gasteiger partial charge in [-0.3, -0.25) is 0 Å². The van der Waals surface area contributed by atoms with Crippen LogP contribution in [0.2, 0.25) is 0 Å². The average molecular weight is 390 g/mol. The number of anilines is 2. The van der Waals surface area contributed by atoms with E-state index in [0.29, 0.717) is 0 Å². The predicted octanol–water partition coefficient (Wildman–Crippen LogP) is 8.15. The van der Waals surface area contributed by atoms with Gasteiger partial charge in [0.2, 0.25) is 0 Å². The van der Waals surface area contributed by atoms with Gasteiger partial charge in [-0.2, -0.15) is 0 Å². The maximum absolute atomic E-state index is 3.57. The number of nitrogens with one attached hydrogen (secondary N) is 1. The largest absolute Gasteiger partial charge is 0.356 e. The molecule has 148 valence electrons. The highest BCUT2D eigenvalue weighted by Crippen LogP contribution is 2.52. The van der Waals surface area contributed by atoms with Crippen LogP contribution in [0, 0.1) is 11.8 Å². The van der Waals surface area contributed by atoms with E-state index in [1.54, 1.807) is 5.56 Å². The molecular weight excluding hydrogens is 362 g/mol. The minimum Gasteiger partial charge on any atom is -0.356 e. The van der Waals surface area contributed by atoms with Gasteiger partial charge in [-0.05, 0) is 88.7 Å². The lowest BCUT2D eigenvalue weighted by molar-refractivity contribution is 0.420. The Kier molecular flexibility index (Phi) is 4.34.